The molecule has 0 radical (unpaired) electrons. The van der Waals surface area contributed by atoms with Crippen LogP contribution in [0.15, 0.2) is 58.1 Å². The maximum absolute atomic E-state index is 5.82. The Morgan fingerprint density at radius 2 is 2.00 bits per heavy atom. The number of aliphatic imine (C=N–C) groups is 1. The third kappa shape index (κ3) is 5.85. The molecule has 0 spiro atoms. The van der Waals surface area contributed by atoms with Crippen molar-refractivity contribution < 1.29 is 9.15 Å². The maximum atomic E-state index is 5.82. The van der Waals surface area contributed by atoms with Crippen LogP contribution in [0.3, 0.4) is 0 Å². The van der Waals surface area contributed by atoms with E-state index in [1.54, 1.807) is 6.26 Å². The van der Waals surface area contributed by atoms with E-state index >= 15 is 0 Å². The summed E-state index contributed by atoms with van der Waals surface area (Å²) in [6.45, 7) is 8.75. The summed E-state index contributed by atoms with van der Waals surface area (Å²) in [5.41, 5.74) is 0. The predicted octanol–water partition coefficient (Wildman–Crippen LogP) is 2.23. The topological polar surface area (TPSA) is 94.8 Å². The molecule has 1 fully saturated rings. The molecule has 1 aromatic carbocycles. The van der Waals surface area contributed by atoms with E-state index in [-0.39, 0.29) is 0 Å². The lowest BCUT2D eigenvalue weighted by Gasteiger charge is -2.36. The number of hydrogen-bond acceptors (Lipinski definition) is 6. The number of benzene rings is 1. The van der Waals surface area contributed by atoms with Crippen LogP contribution in [0.25, 0.3) is 11.6 Å². The highest BCUT2D eigenvalue weighted by Crippen LogP contribution is 2.14. The van der Waals surface area contributed by atoms with Crippen LogP contribution >= 0.6 is 0 Å². The first kappa shape index (κ1) is 20.9. The fraction of sp³-hybridized carbons (Fsp3) is 0.409. The Morgan fingerprint density at radius 3 is 2.74 bits per heavy atom. The predicted molar refractivity (Wildman–Crippen MR) is 119 cm³/mol. The van der Waals surface area contributed by atoms with Gasteiger partial charge in [-0.2, -0.15) is 0 Å². The van der Waals surface area contributed by atoms with Gasteiger partial charge in [0.15, 0.2) is 11.7 Å². The van der Waals surface area contributed by atoms with E-state index in [2.05, 4.69) is 37.2 Å². The summed E-state index contributed by atoms with van der Waals surface area (Å²) in [6, 6.07) is 13.6. The summed E-state index contributed by atoms with van der Waals surface area (Å²) in [5.74, 6) is 3.72. The zero-order valence-corrected chi connectivity index (χ0v) is 17.8. The molecule has 0 amide bonds. The van der Waals surface area contributed by atoms with Crippen LogP contribution < -0.4 is 10.1 Å². The van der Waals surface area contributed by atoms with Crippen molar-refractivity contribution in [3.63, 3.8) is 0 Å². The van der Waals surface area contributed by atoms with E-state index < -0.39 is 0 Å². The highest BCUT2D eigenvalue weighted by molar-refractivity contribution is 5.80. The molecule has 4 rings (SSSR count). The lowest BCUT2D eigenvalue weighted by molar-refractivity contribution is 0.152. The number of hydrogen-bond donors (Lipinski definition) is 2. The standard InChI is InChI=1S/C22H29N7O2/c1-2-23-22(24-17-20-25-21(27-26-20)19-9-6-15-31-19)29-12-10-28(11-13-29)14-16-30-18-7-4-3-5-8-18/h3-9,15H,2,10-14,16-17H2,1H3,(H,23,24)(H,25,26,27). The first-order valence-corrected chi connectivity index (χ1v) is 10.7. The molecule has 9 nitrogen and oxygen atoms in total. The molecule has 9 heteroatoms. The van der Waals surface area contributed by atoms with Crippen LogP contribution in [-0.4, -0.2) is 76.8 Å². The summed E-state index contributed by atoms with van der Waals surface area (Å²) >= 11 is 0. The summed E-state index contributed by atoms with van der Waals surface area (Å²) in [4.78, 5) is 13.9. The van der Waals surface area contributed by atoms with Crippen LogP contribution in [-0.2, 0) is 6.54 Å². The molecule has 3 aromatic rings. The average molecular weight is 424 g/mol. The Hall–Kier alpha value is -3.33. The second kappa shape index (κ2) is 10.6. The van der Waals surface area contributed by atoms with E-state index in [0.717, 1.165) is 51.0 Å². The lowest BCUT2D eigenvalue weighted by atomic mass is 10.3. The fourth-order valence-electron chi connectivity index (χ4n) is 3.45. The number of ether oxygens (including phenoxy) is 1. The molecule has 0 bridgehead atoms. The van der Waals surface area contributed by atoms with Crippen LogP contribution in [0.1, 0.15) is 12.7 Å². The minimum Gasteiger partial charge on any atom is -0.492 e. The zero-order valence-electron chi connectivity index (χ0n) is 17.8. The van der Waals surface area contributed by atoms with Gasteiger partial charge >= 0.3 is 0 Å². The van der Waals surface area contributed by atoms with E-state index in [1.165, 1.54) is 0 Å². The molecule has 0 atom stereocenters. The number of aromatic nitrogens is 3. The Kier molecular flexibility index (Phi) is 7.17. The highest BCUT2D eigenvalue weighted by atomic mass is 16.5. The van der Waals surface area contributed by atoms with E-state index in [0.29, 0.717) is 30.6 Å². The molecule has 1 aliphatic rings. The maximum Gasteiger partial charge on any atom is 0.216 e. The van der Waals surface area contributed by atoms with Gasteiger partial charge in [0.05, 0.1) is 6.26 Å². The Morgan fingerprint density at radius 1 is 1.16 bits per heavy atom. The number of piperazine rings is 1. The van der Waals surface area contributed by atoms with E-state index in [9.17, 15) is 0 Å². The first-order chi connectivity index (χ1) is 15.3. The molecule has 1 aliphatic heterocycles. The smallest absolute Gasteiger partial charge is 0.216 e. The number of aromatic amines is 1. The van der Waals surface area contributed by atoms with Crippen molar-refractivity contribution in [2.45, 2.75) is 13.5 Å². The molecule has 2 N–H and O–H groups in total. The number of nitrogens with one attached hydrogen (secondary N) is 2. The number of furan rings is 1. The monoisotopic (exact) mass is 423 g/mol. The molecule has 0 saturated carbocycles. The first-order valence-electron chi connectivity index (χ1n) is 10.7. The van der Waals surface area contributed by atoms with E-state index in [1.807, 2.05) is 42.5 Å². The second-order valence-electron chi connectivity index (χ2n) is 7.24. The van der Waals surface area contributed by atoms with Crippen LogP contribution in [0.5, 0.6) is 5.75 Å². The summed E-state index contributed by atoms with van der Waals surface area (Å²) in [5, 5.41) is 10.5. The molecular formula is C22H29N7O2. The Labute approximate surface area is 182 Å². The number of rotatable bonds is 8. The Balaban J connectivity index is 1.26. The van der Waals surface area contributed by atoms with Crippen molar-refractivity contribution in [2.75, 3.05) is 45.9 Å². The van der Waals surface area contributed by atoms with Crippen molar-refractivity contribution in [3.8, 4) is 17.3 Å². The zero-order chi connectivity index (χ0) is 21.3. The molecular weight excluding hydrogens is 394 g/mol. The van der Waals surface area contributed by atoms with Crippen molar-refractivity contribution in [1.29, 1.82) is 0 Å². The molecule has 1 saturated heterocycles. The summed E-state index contributed by atoms with van der Waals surface area (Å²) < 4.78 is 11.2. The molecule has 31 heavy (non-hydrogen) atoms. The van der Waals surface area contributed by atoms with Crippen LogP contribution in [0.4, 0.5) is 0 Å². The van der Waals surface area contributed by atoms with Crippen molar-refractivity contribution in [1.82, 2.24) is 30.3 Å². The SMILES string of the molecule is CCNC(=NCc1nc(-c2ccco2)n[nH]1)N1CCN(CCOc2ccccc2)CC1. The van der Waals surface area contributed by atoms with Gasteiger partial charge in [0.1, 0.15) is 24.7 Å². The van der Waals surface area contributed by atoms with Gasteiger partial charge in [-0.1, -0.05) is 18.2 Å². The van der Waals surface area contributed by atoms with Gasteiger partial charge in [-0.15, -0.1) is 5.10 Å². The lowest BCUT2D eigenvalue weighted by Crippen LogP contribution is -2.53. The molecule has 3 heterocycles. The molecule has 164 valence electrons. The third-order valence-electron chi connectivity index (χ3n) is 5.08. The van der Waals surface area contributed by atoms with Crippen molar-refractivity contribution in [2.24, 2.45) is 4.99 Å². The van der Waals surface area contributed by atoms with Gasteiger partial charge in [0, 0.05) is 39.3 Å². The van der Waals surface area contributed by atoms with Gasteiger partial charge in [-0.05, 0) is 31.2 Å². The van der Waals surface area contributed by atoms with Gasteiger partial charge in [-0.3, -0.25) is 10.00 Å². The van der Waals surface area contributed by atoms with Gasteiger partial charge in [0.2, 0.25) is 5.82 Å². The van der Waals surface area contributed by atoms with Crippen molar-refractivity contribution >= 4 is 5.96 Å². The van der Waals surface area contributed by atoms with Crippen LogP contribution in [0, 0.1) is 0 Å². The summed E-state index contributed by atoms with van der Waals surface area (Å²) in [6.07, 6.45) is 1.61. The van der Waals surface area contributed by atoms with E-state index in [4.69, 9.17) is 14.1 Å². The number of nitrogens with zero attached hydrogens (tertiary/aromatic N) is 5. The number of para-hydroxylation sites is 1. The van der Waals surface area contributed by atoms with Gasteiger partial charge in [0.25, 0.3) is 0 Å². The molecule has 2 aromatic heterocycles. The number of H-pyrrole nitrogens is 1. The minimum absolute atomic E-state index is 0.432. The minimum atomic E-state index is 0.432. The molecule has 0 aliphatic carbocycles. The Bertz CT molecular complexity index is 932. The summed E-state index contributed by atoms with van der Waals surface area (Å²) in [7, 11) is 0. The van der Waals surface area contributed by atoms with Crippen LogP contribution in [0.2, 0.25) is 0 Å². The average Bonchev–Trinajstić information content (AvgIpc) is 3.50. The van der Waals surface area contributed by atoms with Gasteiger partial charge in [-0.25, -0.2) is 9.98 Å². The molecule has 0 unspecified atom stereocenters. The third-order valence-corrected chi connectivity index (χ3v) is 5.08. The fourth-order valence-corrected chi connectivity index (χ4v) is 3.45. The second-order valence-corrected chi connectivity index (χ2v) is 7.24. The largest absolute Gasteiger partial charge is 0.492 e. The normalized spacial score (nSPS) is 15.3. The number of guanidine groups is 1. The highest BCUT2D eigenvalue weighted by Gasteiger charge is 2.19. The van der Waals surface area contributed by atoms with Gasteiger partial charge < -0.3 is 19.4 Å². The van der Waals surface area contributed by atoms with Crippen molar-refractivity contribution in [3.05, 3.63) is 54.6 Å². The quantitative estimate of drug-likeness (QED) is 0.424.